The summed E-state index contributed by atoms with van der Waals surface area (Å²) in [5.41, 5.74) is 4.59. The molecular weight excluding hydrogens is 274 g/mol. The zero-order valence-corrected chi connectivity index (χ0v) is 12.2. The van der Waals surface area contributed by atoms with Gasteiger partial charge in [-0.05, 0) is 41.5 Å². The number of amides is 1. The second kappa shape index (κ2) is 6.18. The lowest BCUT2D eigenvalue weighted by Crippen LogP contribution is -2.20. The SMILES string of the molecule is C/C(=N/NC(=O)c1ccccn1)c1ccc2ccccc2c1. The number of hydrogen-bond acceptors (Lipinski definition) is 3. The smallest absolute Gasteiger partial charge is 0.266 e. The van der Waals surface area contributed by atoms with Crippen molar-refractivity contribution in [3.8, 4) is 0 Å². The lowest BCUT2D eigenvalue weighted by Gasteiger charge is -2.04. The van der Waals surface area contributed by atoms with Crippen LogP contribution in [0.25, 0.3) is 10.8 Å². The minimum absolute atomic E-state index is 0.319. The third-order valence-electron chi connectivity index (χ3n) is 3.39. The molecular formula is C18H15N3O. The van der Waals surface area contributed by atoms with Crippen LogP contribution in [-0.4, -0.2) is 16.6 Å². The molecule has 1 N–H and O–H groups in total. The first-order valence-corrected chi connectivity index (χ1v) is 6.99. The molecule has 0 unspecified atom stereocenters. The molecule has 108 valence electrons. The summed E-state index contributed by atoms with van der Waals surface area (Å²) in [5, 5.41) is 6.48. The van der Waals surface area contributed by atoms with Crippen LogP contribution in [0.3, 0.4) is 0 Å². The first-order chi connectivity index (χ1) is 10.7. The van der Waals surface area contributed by atoms with Crippen LogP contribution in [0.15, 0.2) is 72.0 Å². The molecule has 3 aromatic rings. The zero-order valence-electron chi connectivity index (χ0n) is 12.2. The molecule has 4 heteroatoms. The van der Waals surface area contributed by atoms with Crippen LogP contribution in [0.5, 0.6) is 0 Å². The van der Waals surface area contributed by atoms with Crippen molar-refractivity contribution in [2.75, 3.05) is 0 Å². The Morgan fingerprint density at radius 2 is 1.77 bits per heavy atom. The summed E-state index contributed by atoms with van der Waals surface area (Å²) in [5.74, 6) is -0.319. The number of nitrogens with one attached hydrogen (secondary N) is 1. The Bertz CT molecular complexity index is 841. The highest BCUT2D eigenvalue weighted by Crippen LogP contribution is 2.16. The molecule has 22 heavy (non-hydrogen) atoms. The van der Waals surface area contributed by atoms with E-state index in [1.165, 1.54) is 5.39 Å². The third-order valence-corrected chi connectivity index (χ3v) is 3.39. The number of pyridine rings is 1. The molecule has 1 aromatic heterocycles. The summed E-state index contributed by atoms with van der Waals surface area (Å²) < 4.78 is 0. The molecule has 1 heterocycles. The fourth-order valence-electron chi connectivity index (χ4n) is 2.17. The molecule has 0 bridgehead atoms. The van der Waals surface area contributed by atoms with Gasteiger partial charge in [-0.1, -0.05) is 42.5 Å². The Balaban J connectivity index is 1.80. The standard InChI is InChI=1S/C18H15N3O/c1-13(20-21-18(22)17-8-4-5-11-19-17)15-10-9-14-6-2-3-7-16(14)12-15/h2-12H,1H3,(H,21,22)/b20-13-. The van der Waals surface area contributed by atoms with E-state index in [0.29, 0.717) is 5.69 Å². The number of benzene rings is 2. The van der Waals surface area contributed by atoms with Gasteiger partial charge in [0.1, 0.15) is 5.69 Å². The quantitative estimate of drug-likeness (QED) is 0.593. The van der Waals surface area contributed by atoms with E-state index in [0.717, 1.165) is 16.7 Å². The topological polar surface area (TPSA) is 54.4 Å². The number of aromatic nitrogens is 1. The van der Waals surface area contributed by atoms with Gasteiger partial charge in [-0.3, -0.25) is 9.78 Å². The van der Waals surface area contributed by atoms with Gasteiger partial charge in [-0.15, -0.1) is 0 Å². The molecule has 2 aromatic carbocycles. The van der Waals surface area contributed by atoms with Gasteiger partial charge < -0.3 is 0 Å². The fourth-order valence-corrected chi connectivity index (χ4v) is 2.17. The van der Waals surface area contributed by atoms with E-state index in [1.807, 2.05) is 31.2 Å². The monoisotopic (exact) mass is 289 g/mol. The lowest BCUT2D eigenvalue weighted by molar-refractivity contribution is 0.0950. The van der Waals surface area contributed by atoms with E-state index in [1.54, 1.807) is 24.4 Å². The number of fused-ring (bicyclic) bond motifs is 1. The first kappa shape index (κ1) is 13.9. The molecule has 1 amide bonds. The van der Waals surface area contributed by atoms with E-state index < -0.39 is 0 Å². The van der Waals surface area contributed by atoms with Crippen molar-refractivity contribution >= 4 is 22.4 Å². The Morgan fingerprint density at radius 1 is 1.00 bits per heavy atom. The first-order valence-electron chi connectivity index (χ1n) is 6.99. The van der Waals surface area contributed by atoms with E-state index in [9.17, 15) is 4.79 Å². The van der Waals surface area contributed by atoms with E-state index >= 15 is 0 Å². The number of hydrazone groups is 1. The molecule has 0 spiro atoms. The van der Waals surface area contributed by atoms with Crippen LogP contribution < -0.4 is 5.43 Å². The minimum atomic E-state index is -0.319. The second-order valence-corrected chi connectivity index (χ2v) is 4.92. The predicted octanol–water partition coefficient (Wildman–Crippen LogP) is 3.39. The maximum Gasteiger partial charge on any atom is 0.289 e. The molecule has 0 aliphatic rings. The van der Waals surface area contributed by atoms with Crippen molar-refractivity contribution in [3.63, 3.8) is 0 Å². The Labute approximate surface area is 128 Å². The van der Waals surface area contributed by atoms with Gasteiger partial charge in [0, 0.05) is 6.20 Å². The van der Waals surface area contributed by atoms with E-state index in [4.69, 9.17) is 0 Å². The highest BCUT2D eigenvalue weighted by Gasteiger charge is 2.05. The summed E-state index contributed by atoms with van der Waals surface area (Å²) >= 11 is 0. The van der Waals surface area contributed by atoms with Crippen LogP contribution in [0, 0.1) is 0 Å². The van der Waals surface area contributed by atoms with Crippen LogP contribution in [0.4, 0.5) is 0 Å². The van der Waals surface area contributed by atoms with Crippen molar-refractivity contribution in [2.24, 2.45) is 5.10 Å². The summed E-state index contributed by atoms with van der Waals surface area (Å²) in [6.07, 6.45) is 1.58. The van der Waals surface area contributed by atoms with Crippen molar-refractivity contribution < 1.29 is 4.79 Å². The number of nitrogens with zero attached hydrogens (tertiary/aromatic N) is 2. The summed E-state index contributed by atoms with van der Waals surface area (Å²) in [6, 6.07) is 19.4. The normalized spacial score (nSPS) is 11.4. The van der Waals surface area contributed by atoms with Crippen molar-refractivity contribution in [1.29, 1.82) is 0 Å². The number of carbonyl (C=O) groups is 1. The van der Waals surface area contributed by atoms with Crippen LogP contribution in [0.2, 0.25) is 0 Å². The molecule has 3 rings (SSSR count). The Morgan fingerprint density at radius 3 is 2.55 bits per heavy atom. The van der Waals surface area contributed by atoms with Gasteiger partial charge in [0.15, 0.2) is 0 Å². The highest BCUT2D eigenvalue weighted by molar-refractivity contribution is 6.03. The molecule has 0 saturated carbocycles. The number of hydrogen-bond donors (Lipinski definition) is 1. The van der Waals surface area contributed by atoms with Crippen LogP contribution >= 0.6 is 0 Å². The molecule has 4 nitrogen and oxygen atoms in total. The maximum atomic E-state index is 11.9. The largest absolute Gasteiger partial charge is 0.289 e. The third kappa shape index (κ3) is 3.01. The zero-order chi connectivity index (χ0) is 15.4. The van der Waals surface area contributed by atoms with Gasteiger partial charge in [0.05, 0.1) is 5.71 Å². The summed E-state index contributed by atoms with van der Waals surface area (Å²) in [6.45, 7) is 1.86. The van der Waals surface area contributed by atoms with E-state index in [-0.39, 0.29) is 5.91 Å². The minimum Gasteiger partial charge on any atom is -0.266 e. The summed E-state index contributed by atoms with van der Waals surface area (Å²) in [7, 11) is 0. The second-order valence-electron chi connectivity index (χ2n) is 4.92. The van der Waals surface area contributed by atoms with Gasteiger partial charge >= 0.3 is 0 Å². The van der Waals surface area contributed by atoms with Crippen LogP contribution in [-0.2, 0) is 0 Å². The number of carbonyl (C=O) groups excluding carboxylic acids is 1. The maximum absolute atomic E-state index is 11.9. The Hall–Kier alpha value is -3.01. The molecule has 0 radical (unpaired) electrons. The van der Waals surface area contributed by atoms with Crippen LogP contribution in [0.1, 0.15) is 23.0 Å². The molecule has 0 aliphatic heterocycles. The fraction of sp³-hybridized carbons (Fsp3) is 0.0556. The van der Waals surface area contributed by atoms with Gasteiger partial charge in [0.25, 0.3) is 5.91 Å². The average molecular weight is 289 g/mol. The van der Waals surface area contributed by atoms with Gasteiger partial charge in [-0.25, -0.2) is 5.43 Å². The lowest BCUT2D eigenvalue weighted by atomic mass is 10.0. The van der Waals surface area contributed by atoms with Crippen molar-refractivity contribution in [1.82, 2.24) is 10.4 Å². The molecule has 0 saturated heterocycles. The highest BCUT2D eigenvalue weighted by atomic mass is 16.2. The van der Waals surface area contributed by atoms with Crippen molar-refractivity contribution in [3.05, 3.63) is 78.1 Å². The molecule has 0 fully saturated rings. The Kier molecular flexibility index (Phi) is 3.92. The predicted molar refractivity (Wildman–Crippen MR) is 87.9 cm³/mol. The molecule has 0 aliphatic carbocycles. The number of rotatable bonds is 3. The van der Waals surface area contributed by atoms with E-state index in [2.05, 4.69) is 33.7 Å². The van der Waals surface area contributed by atoms with Crippen molar-refractivity contribution in [2.45, 2.75) is 6.92 Å². The van der Waals surface area contributed by atoms with Gasteiger partial charge in [0.2, 0.25) is 0 Å². The molecule has 0 atom stereocenters. The summed E-state index contributed by atoms with van der Waals surface area (Å²) in [4.78, 5) is 15.9. The van der Waals surface area contributed by atoms with Gasteiger partial charge in [-0.2, -0.15) is 5.10 Å². The average Bonchev–Trinajstić information content (AvgIpc) is 2.59.